The molecule has 4 nitrogen and oxygen atoms in total. The molecule has 0 spiro atoms. The summed E-state index contributed by atoms with van der Waals surface area (Å²) in [6.07, 6.45) is 5.48. The van der Waals surface area contributed by atoms with Crippen LogP contribution in [0.1, 0.15) is 5.56 Å². The van der Waals surface area contributed by atoms with Crippen molar-refractivity contribution in [1.82, 2.24) is 0 Å². The highest BCUT2D eigenvalue weighted by atomic mass is 32.1. The molecular formula is C13H13NO3S. The van der Waals surface area contributed by atoms with E-state index in [1.165, 1.54) is 6.20 Å². The van der Waals surface area contributed by atoms with Crippen molar-refractivity contribution in [1.29, 1.82) is 0 Å². The lowest BCUT2D eigenvalue weighted by Gasteiger charge is -2.21. The van der Waals surface area contributed by atoms with Gasteiger partial charge < -0.3 is 15.0 Å². The number of methoxy groups -OCH3 is 1. The van der Waals surface area contributed by atoms with Gasteiger partial charge in [0.1, 0.15) is 11.9 Å². The summed E-state index contributed by atoms with van der Waals surface area (Å²) in [5.74, 6) is 0.787. The minimum Gasteiger partial charge on any atom is -0.623 e. The Morgan fingerprint density at radius 2 is 2.06 bits per heavy atom. The van der Waals surface area contributed by atoms with Gasteiger partial charge in [-0.05, 0) is 29.8 Å². The lowest BCUT2D eigenvalue weighted by atomic mass is 10.0. The van der Waals surface area contributed by atoms with Crippen LogP contribution in [-0.4, -0.2) is 16.3 Å². The molecule has 0 bridgehead atoms. The Morgan fingerprint density at radius 3 is 2.67 bits per heavy atom. The molecule has 2 rings (SSSR count). The van der Waals surface area contributed by atoms with Gasteiger partial charge in [-0.15, -0.1) is 0 Å². The van der Waals surface area contributed by atoms with Gasteiger partial charge >= 0.3 is 0 Å². The van der Waals surface area contributed by atoms with Crippen molar-refractivity contribution in [3.05, 3.63) is 59.0 Å². The predicted octanol–water partition coefficient (Wildman–Crippen LogP) is 0.417. The number of benzene rings is 1. The fraction of sp³-hybridized carbons (Fsp3) is 0.154. The van der Waals surface area contributed by atoms with Gasteiger partial charge in [-0.25, -0.2) is 4.21 Å². The van der Waals surface area contributed by atoms with Gasteiger partial charge in [0.25, 0.3) is 0 Å². The van der Waals surface area contributed by atoms with Crippen LogP contribution in [0.25, 0.3) is 0 Å². The Balaban J connectivity index is 2.20. The molecule has 0 radical (unpaired) electrons. The molecule has 1 aliphatic rings. The SMILES string of the molecule is COc1ccc(CC2=CC=C[NH+]([O-])C2=S=O)cc1. The first kappa shape index (κ1) is 12.8. The molecule has 1 heterocycles. The highest BCUT2D eigenvalue weighted by Crippen LogP contribution is 2.15. The molecule has 5 heteroatoms. The van der Waals surface area contributed by atoms with Gasteiger partial charge in [0.05, 0.1) is 7.11 Å². The number of rotatable bonds is 3. The largest absolute Gasteiger partial charge is 0.623 e. The molecule has 0 saturated heterocycles. The Labute approximate surface area is 109 Å². The number of quaternary nitrogens is 1. The Bertz CT molecular complexity index is 542. The molecule has 0 aromatic heterocycles. The number of hydrogen-bond donors (Lipinski definition) is 1. The highest BCUT2D eigenvalue weighted by Gasteiger charge is 2.16. The number of ether oxygens (including phenoxy) is 1. The minimum atomic E-state index is -0.207. The summed E-state index contributed by atoms with van der Waals surface area (Å²) in [6, 6.07) is 7.58. The van der Waals surface area contributed by atoms with E-state index in [4.69, 9.17) is 4.74 Å². The van der Waals surface area contributed by atoms with Crippen LogP contribution in [0.4, 0.5) is 0 Å². The molecule has 1 unspecified atom stereocenters. The second-order valence-electron chi connectivity index (χ2n) is 3.85. The lowest BCUT2D eigenvalue weighted by molar-refractivity contribution is -0.680. The normalized spacial score (nSPS) is 18.4. The molecule has 1 N–H and O–H groups in total. The molecular weight excluding hydrogens is 250 g/mol. The smallest absolute Gasteiger partial charge is 0.233 e. The zero-order valence-electron chi connectivity index (χ0n) is 9.88. The van der Waals surface area contributed by atoms with E-state index in [1.54, 1.807) is 13.2 Å². The minimum absolute atomic E-state index is 0.207. The second-order valence-corrected chi connectivity index (χ2v) is 4.43. The van der Waals surface area contributed by atoms with Crippen LogP contribution < -0.4 is 9.80 Å². The van der Waals surface area contributed by atoms with Gasteiger partial charge in [0.15, 0.2) is 11.3 Å². The summed E-state index contributed by atoms with van der Waals surface area (Å²) in [5.41, 5.74) is 1.81. The summed E-state index contributed by atoms with van der Waals surface area (Å²) in [5, 5.41) is 11.3. The van der Waals surface area contributed by atoms with Gasteiger partial charge in [-0.1, -0.05) is 12.1 Å². The third kappa shape index (κ3) is 2.76. The van der Waals surface area contributed by atoms with Crippen LogP contribution in [0.3, 0.4) is 0 Å². The van der Waals surface area contributed by atoms with E-state index in [1.807, 2.05) is 30.3 Å². The van der Waals surface area contributed by atoms with Crippen molar-refractivity contribution in [3.63, 3.8) is 0 Å². The van der Waals surface area contributed by atoms with Crippen LogP contribution >= 0.6 is 0 Å². The van der Waals surface area contributed by atoms with E-state index < -0.39 is 0 Å². The van der Waals surface area contributed by atoms with Crippen LogP contribution in [0.2, 0.25) is 0 Å². The van der Waals surface area contributed by atoms with E-state index in [0.29, 0.717) is 6.42 Å². The maximum absolute atomic E-state index is 11.5. The molecule has 94 valence electrons. The second kappa shape index (κ2) is 5.77. The molecule has 1 aliphatic heterocycles. The average molecular weight is 263 g/mol. The van der Waals surface area contributed by atoms with Gasteiger partial charge in [-0.3, -0.25) is 0 Å². The third-order valence-corrected chi connectivity index (χ3v) is 3.33. The highest BCUT2D eigenvalue weighted by molar-refractivity contribution is 7.66. The van der Waals surface area contributed by atoms with Crippen molar-refractivity contribution >= 4 is 16.2 Å². The van der Waals surface area contributed by atoms with Crippen molar-refractivity contribution in [2.45, 2.75) is 6.42 Å². The van der Waals surface area contributed by atoms with Gasteiger partial charge in [0, 0.05) is 12.0 Å². The molecule has 0 fully saturated rings. The maximum atomic E-state index is 11.5. The van der Waals surface area contributed by atoms with Crippen LogP contribution in [-0.2, 0) is 17.7 Å². The fourth-order valence-electron chi connectivity index (χ4n) is 1.76. The van der Waals surface area contributed by atoms with E-state index in [2.05, 4.69) is 0 Å². The van der Waals surface area contributed by atoms with Crippen LogP contribution in [0, 0.1) is 5.21 Å². The summed E-state index contributed by atoms with van der Waals surface area (Å²) in [7, 11) is 1.61. The Morgan fingerprint density at radius 1 is 1.33 bits per heavy atom. The fourth-order valence-corrected chi connectivity index (χ4v) is 2.16. The monoisotopic (exact) mass is 263 g/mol. The molecule has 18 heavy (non-hydrogen) atoms. The number of hydroxylamine groups is 2. The van der Waals surface area contributed by atoms with Crippen molar-refractivity contribution in [2.24, 2.45) is 0 Å². The van der Waals surface area contributed by atoms with E-state index in [0.717, 1.165) is 16.9 Å². The van der Waals surface area contributed by atoms with E-state index >= 15 is 0 Å². The van der Waals surface area contributed by atoms with Crippen LogP contribution in [0.15, 0.2) is 48.2 Å². The maximum Gasteiger partial charge on any atom is 0.233 e. The van der Waals surface area contributed by atoms with Gasteiger partial charge in [0.2, 0.25) is 4.99 Å². The first-order valence-corrected chi connectivity index (χ1v) is 6.20. The Kier molecular flexibility index (Phi) is 4.09. The van der Waals surface area contributed by atoms with Crippen LogP contribution in [0.5, 0.6) is 5.75 Å². The molecule has 1 atom stereocenters. The number of hydrogen-bond acceptors (Lipinski definition) is 3. The number of allylic oxidation sites excluding steroid dienone is 2. The van der Waals surface area contributed by atoms with E-state index in [9.17, 15) is 9.42 Å². The lowest BCUT2D eigenvalue weighted by Crippen LogP contribution is -3.06. The molecule has 1 aromatic carbocycles. The summed E-state index contributed by atoms with van der Waals surface area (Å²) in [4.78, 5) is 0.285. The van der Waals surface area contributed by atoms with Crippen molar-refractivity contribution < 1.29 is 14.0 Å². The summed E-state index contributed by atoms with van der Waals surface area (Å²) in [6.45, 7) is 0. The molecule has 0 amide bonds. The Hall–Kier alpha value is -1.69. The summed E-state index contributed by atoms with van der Waals surface area (Å²) < 4.78 is 16.0. The molecule has 1 aromatic rings. The standard InChI is InChI=1S/C13H13NO3S/c1-17-12-6-4-10(5-7-12)9-11-3-2-8-14(15)13(11)18-16/h2-8,14H,9H2,1H3. The van der Waals surface area contributed by atoms with Crippen molar-refractivity contribution in [3.8, 4) is 5.75 Å². The topological polar surface area (TPSA) is 53.8 Å². The zero-order chi connectivity index (χ0) is 13.0. The third-order valence-electron chi connectivity index (χ3n) is 2.70. The first-order chi connectivity index (χ1) is 8.74. The van der Waals surface area contributed by atoms with Crippen molar-refractivity contribution in [2.75, 3.05) is 7.11 Å². The zero-order valence-corrected chi connectivity index (χ0v) is 10.7. The first-order valence-electron chi connectivity index (χ1n) is 5.46. The van der Waals surface area contributed by atoms with E-state index in [-0.39, 0.29) is 21.3 Å². The molecule has 0 aliphatic carbocycles. The number of nitrogens with one attached hydrogen (secondary N) is 1. The average Bonchev–Trinajstić information content (AvgIpc) is 2.40. The van der Waals surface area contributed by atoms with Gasteiger partial charge in [-0.2, -0.15) is 0 Å². The predicted molar refractivity (Wildman–Crippen MR) is 71.4 cm³/mol. The molecule has 0 saturated carbocycles. The summed E-state index contributed by atoms with van der Waals surface area (Å²) >= 11 is 0.262. The quantitative estimate of drug-likeness (QED) is 0.635.